The van der Waals surface area contributed by atoms with Crippen molar-refractivity contribution in [1.29, 1.82) is 0 Å². The van der Waals surface area contributed by atoms with Gasteiger partial charge in [-0.05, 0) is 12.8 Å². The Morgan fingerprint density at radius 2 is 1.15 bits per heavy atom. The molecule has 1 aliphatic rings. The Hall–Kier alpha value is -1.22. The summed E-state index contributed by atoms with van der Waals surface area (Å²) in [6.45, 7) is 0.986. The van der Waals surface area contributed by atoms with Crippen LogP contribution in [0, 0.1) is 0 Å². The van der Waals surface area contributed by atoms with E-state index < -0.39 is 24.0 Å². The lowest BCUT2D eigenvalue weighted by atomic mass is 10.1. The predicted molar refractivity (Wildman–Crippen MR) is 64.1 cm³/mol. The van der Waals surface area contributed by atoms with Crippen molar-refractivity contribution in [3.8, 4) is 0 Å². The average Bonchev–Trinajstić information content (AvgIpc) is 2.42. The first-order chi connectivity index (χ1) is 9.51. The Balaban J connectivity index is 2.57. The molecule has 2 N–H and O–H groups in total. The van der Waals surface area contributed by atoms with Gasteiger partial charge in [0.15, 0.2) is 0 Å². The molecule has 0 amide bonds. The molecule has 8 nitrogen and oxygen atoms in total. The van der Waals surface area contributed by atoms with Gasteiger partial charge < -0.3 is 30.0 Å². The van der Waals surface area contributed by atoms with Crippen LogP contribution in [-0.4, -0.2) is 83.4 Å². The molecular weight excluding hydrogens is 268 g/mol. The molecule has 116 valence electrons. The van der Waals surface area contributed by atoms with Crippen LogP contribution in [0.15, 0.2) is 0 Å². The summed E-state index contributed by atoms with van der Waals surface area (Å²) in [6.07, 6.45) is 0.172. The summed E-state index contributed by atoms with van der Waals surface area (Å²) in [5.41, 5.74) is 0. The number of piperazine rings is 1. The van der Waals surface area contributed by atoms with E-state index in [1.54, 1.807) is 9.80 Å². The largest absolute Gasteiger partial charge is 0.548 e. The van der Waals surface area contributed by atoms with Crippen LogP contribution in [0.3, 0.4) is 0 Å². The highest BCUT2D eigenvalue weighted by atomic mass is 16.4. The molecule has 0 bridgehead atoms. The molecular formula is C12H20N2O6-2. The van der Waals surface area contributed by atoms with Gasteiger partial charge in [-0.25, -0.2) is 0 Å². The summed E-state index contributed by atoms with van der Waals surface area (Å²) < 4.78 is 0. The number of carboxylic acid groups (broad SMARTS) is 2. The second kappa shape index (κ2) is 8.15. The van der Waals surface area contributed by atoms with Gasteiger partial charge in [-0.1, -0.05) is 0 Å². The fraction of sp³-hybridized carbons (Fsp3) is 0.833. The van der Waals surface area contributed by atoms with Crippen molar-refractivity contribution in [3.05, 3.63) is 0 Å². The highest BCUT2D eigenvalue weighted by Gasteiger charge is 2.28. The molecule has 0 aromatic carbocycles. The lowest BCUT2D eigenvalue weighted by Gasteiger charge is -2.42. The van der Waals surface area contributed by atoms with Gasteiger partial charge in [-0.15, -0.1) is 0 Å². The highest BCUT2D eigenvalue weighted by Crippen LogP contribution is 2.13. The summed E-state index contributed by atoms with van der Waals surface area (Å²) in [4.78, 5) is 25.3. The minimum absolute atomic E-state index is 0.0862. The fourth-order valence-electron chi connectivity index (χ4n) is 2.50. The van der Waals surface area contributed by atoms with Gasteiger partial charge in [0, 0.05) is 39.4 Å². The summed E-state index contributed by atoms with van der Waals surface area (Å²) in [7, 11) is 0. The minimum Gasteiger partial charge on any atom is -0.548 e. The first kappa shape index (κ1) is 16.8. The molecule has 8 heteroatoms. The molecule has 0 saturated carbocycles. The van der Waals surface area contributed by atoms with Crippen LogP contribution < -0.4 is 10.2 Å². The SMILES string of the molecule is O=C([O-])C(CCO)N1CCN(C(CCO)C(=O)[O-])CC1. The van der Waals surface area contributed by atoms with Crippen LogP contribution in [0.25, 0.3) is 0 Å². The number of hydrogen-bond donors (Lipinski definition) is 2. The van der Waals surface area contributed by atoms with Gasteiger partial charge in [-0.3, -0.25) is 9.80 Å². The first-order valence-corrected chi connectivity index (χ1v) is 6.62. The monoisotopic (exact) mass is 288 g/mol. The van der Waals surface area contributed by atoms with Crippen LogP contribution in [0.4, 0.5) is 0 Å². The van der Waals surface area contributed by atoms with Crippen molar-refractivity contribution in [2.24, 2.45) is 0 Å². The number of rotatable bonds is 8. The van der Waals surface area contributed by atoms with Crippen LogP contribution in [0.2, 0.25) is 0 Å². The predicted octanol–water partition coefficient (Wildman–Crippen LogP) is -4.39. The second-order valence-electron chi connectivity index (χ2n) is 4.77. The highest BCUT2D eigenvalue weighted by molar-refractivity contribution is 5.71. The molecule has 2 unspecified atom stereocenters. The van der Waals surface area contributed by atoms with Crippen molar-refractivity contribution >= 4 is 11.9 Å². The number of carboxylic acids is 2. The van der Waals surface area contributed by atoms with Crippen molar-refractivity contribution in [2.75, 3.05) is 39.4 Å². The van der Waals surface area contributed by atoms with E-state index in [-0.39, 0.29) is 26.1 Å². The topological polar surface area (TPSA) is 127 Å². The van der Waals surface area contributed by atoms with Gasteiger partial charge in [0.25, 0.3) is 0 Å². The van der Waals surface area contributed by atoms with Crippen LogP contribution in [0.5, 0.6) is 0 Å². The lowest BCUT2D eigenvalue weighted by Crippen LogP contribution is -2.59. The van der Waals surface area contributed by atoms with E-state index in [0.717, 1.165) is 0 Å². The number of aliphatic hydroxyl groups excluding tert-OH is 2. The van der Waals surface area contributed by atoms with Crippen LogP contribution in [0.1, 0.15) is 12.8 Å². The van der Waals surface area contributed by atoms with Gasteiger partial charge in [0.2, 0.25) is 0 Å². The summed E-state index contributed by atoms with van der Waals surface area (Å²) in [6, 6.07) is -1.72. The fourth-order valence-corrected chi connectivity index (χ4v) is 2.50. The van der Waals surface area contributed by atoms with E-state index in [4.69, 9.17) is 10.2 Å². The third-order valence-electron chi connectivity index (χ3n) is 3.58. The van der Waals surface area contributed by atoms with E-state index in [9.17, 15) is 19.8 Å². The number of carbonyl (C=O) groups is 2. The lowest BCUT2D eigenvalue weighted by molar-refractivity contribution is -0.315. The number of carbonyl (C=O) groups excluding carboxylic acids is 2. The Morgan fingerprint density at radius 1 is 0.850 bits per heavy atom. The number of aliphatic hydroxyl groups is 2. The molecule has 0 aromatic heterocycles. The van der Waals surface area contributed by atoms with Crippen molar-refractivity contribution in [2.45, 2.75) is 24.9 Å². The Morgan fingerprint density at radius 3 is 1.35 bits per heavy atom. The quantitative estimate of drug-likeness (QED) is 0.458. The molecule has 0 radical (unpaired) electrons. The third kappa shape index (κ3) is 4.41. The van der Waals surface area contributed by atoms with E-state index in [2.05, 4.69) is 0 Å². The molecule has 1 fully saturated rings. The zero-order chi connectivity index (χ0) is 15.1. The zero-order valence-electron chi connectivity index (χ0n) is 11.2. The van der Waals surface area contributed by atoms with Crippen LogP contribution >= 0.6 is 0 Å². The maximum atomic E-state index is 11.0. The minimum atomic E-state index is -1.24. The van der Waals surface area contributed by atoms with Crippen molar-refractivity contribution < 1.29 is 30.0 Å². The number of aliphatic carboxylic acids is 2. The maximum absolute atomic E-state index is 11.0. The molecule has 1 rings (SSSR count). The van der Waals surface area contributed by atoms with E-state index in [1.165, 1.54) is 0 Å². The average molecular weight is 288 g/mol. The smallest absolute Gasteiger partial charge is 0.0587 e. The van der Waals surface area contributed by atoms with Gasteiger partial charge in [-0.2, -0.15) is 0 Å². The number of nitrogens with zero attached hydrogens (tertiary/aromatic N) is 2. The van der Waals surface area contributed by atoms with Crippen molar-refractivity contribution in [1.82, 2.24) is 9.80 Å². The molecule has 1 aliphatic heterocycles. The van der Waals surface area contributed by atoms with Gasteiger partial charge in [0.1, 0.15) is 0 Å². The van der Waals surface area contributed by atoms with E-state index in [0.29, 0.717) is 26.2 Å². The summed E-state index contributed by atoms with van der Waals surface area (Å²) in [5, 5.41) is 39.7. The standard InChI is InChI=1S/C12H22N2O6/c15-7-1-9(11(17)18)13-3-5-14(6-4-13)10(2-8-16)12(19)20/h9-10,15-16H,1-8H2,(H,17,18)(H,19,20)/p-2. The molecule has 2 atom stereocenters. The first-order valence-electron chi connectivity index (χ1n) is 6.62. The Bertz CT molecular complexity index is 298. The van der Waals surface area contributed by atoms with Crippen molar-refractivity contribution in [3.63, 3.8) is 0 Å². The van der Waals surface area contributed by atoms with E-state index >= 15 is 0 Å². The number of hydrogen-bond acceptors (Lipinski definition) is 8. The molecule has 0 spiro atoms. The molecule has 1 heterocycles. The molecule has 0 aromatic rings. The molecule has 20 heavy (non-hydrogen) atoms. The molecule has 0 aliphatic carbocycles. The summed E-state index contributed by atoms with van der Waals surface area (Å²) >= 11 is 0. The van der Waals surface area contributed by atoms with Crippen LogP contribution in [-0.2, 0) is 9.59 Å². The summed E-state index contributed by atoms with van der Waals surface area (Å²) in [5.74, 6) is -2.47. The third-order valence-corrected chi connectivity index (χ3v) is 3.58. The van der Waals surface area contributed by atoms with Gasteiger partial charge in [0.05, 0.1) is 24.0 Å². The Labute approximate surface area is 117 Å². The normalized spacial score (nSPS) is 20.5. The second-order valence-corrected chi connectivity index (χ2v) is 4.77. The molecule has 1 saturated heterocycles. The zero-order valence-corrected chi connectivity index (χ0v) is 11.2. The Kier molecular flexibility index (Phi) is 6.86. The van der Waals surface area contributed by atoms with Gasteiger partial charge >= 0.3 is 0 Å². The van der Waals surface area contributed by atoms with E-state index in [1.807, 2.05) is 0 Å². The maximum Gasteiger partial charge on any atom is 0.0587 e.